The zero-order chi connectivity index (χ0) is 14.6. The lowest BCUT2D eigenvalue weighted by atomic mass is 10.2. The normalized spacial score (nSPS) is 12.2. The number of sulfone groups is 1. The number of halogens is 1. The maximum Gasteiger partial charge on any atom is 0.201 e. The summed E-state index contributed by atoms with van der Waals surface area (Å²) in [5.74, 6) is 0.525. The second-order valence-corrected chi connectivity index (χ2v) is 6.23. The first-order chi connectivity index (χ1) is 9.54. The maximum absolute atomic E-state index is 12.2. The first-order valence-electron chi connectivity index (χ1n) is 5.85. The van der Waals surface area contributed by atoms with Crippen LogP contribution in [-0.2, 0) is 9.84 Å². The van der Waals surface area contributed by atoms with Gasteiger partial charge in [-0.15, -0.1) is 0 Å². The van der Waals surface area contributed by atoms with E-state index in [-0.39, 0.29) is 9.93 Å². The molecular formula is C15H13ClO3S. The van der Waals surface area contributed by atoms with E-state index in [1.54, 1.807) is 42.5 Å². The number of rotatable bonds is 4. The zero-order valence-corrected chi connectivity index (χ0v) is 12.4. The van der Waals surface area contributed by atoms with Crippen molar-refractivity contribution in [2.24, 2.45) is 0 Å². The Morgan fingerprint density at radius 1 is 1.05 bits per heavy atom. The van der Waals surface area contributed by atoms with Gasteiger partial charge < -0.3 is 4.74 Å². The Morgan fingerprint density at radius 2 is 1.65 bits per heavy atom. The van der Waals surface area contributed by atoms with E-state index in [4.69, 9.17) is 16.3 Å². The molecule has 2 rings (SSSR count). The Labute approximate surface area is 123 Å². The van der Waals surface area contributed by atoms with Crippen molar-refractivity contribution in [2.75, 3.05) is 7.11 Å². The molecule has 104 valence electrons. The van der Waals surface area contributed by atoms with Crippen LogP contribution in [0.1, 0.15) is 5.56 Å². The van der Waals surface area contributed by atoms with Gasteiger partial charge in [-0.25, -0.2) is 8.42 Å². The molecule has 5 heteroatoms. The molecule has 0 unspecified atom stereocenters. The van der Waals surface area contributed by atoms with Gasteiger partial charge in [-0.1, -0.05) is 41.9 Å². The highest BCUT2D eigenvalue weighted by Gasteiger charge is 2.14. The van der Waals surface area contributed by atoms with Crippen molar-refractivity contribution in [3.05, 3.63) is 65.6 Å². The lowest BCUT2D eigenvalue weighted by Crippen LogP contribution is -1.97. The summed E-state index contributed by atoms with van der Waals surface area (Å²) in [7, 11) is -2.07. The average molecular weight is 309 g/mol. The number of hydrogen-bond donors (Lipinski definition) is 0. The predicted molar refractivity (Wildman–Crippen MR) is 80.5 cm³/mol. The number of para-hydroxylation sites is 1. The first-order valence-corrected chi connectivity index (χ1v) is 7.78. The van der Waals surface area contributed by atoms with E-state index in [0.717, 1.165) is 5.41 Å². The van der Waals surface area contributed by atoms with Crippen LogP contribution >= 0.6 is 11.6 Å². The van der Waals surface area contributed by atoms with Crippen molar-refractivity contribution in [3.8, 4) is 5.75 Å². The van der Waals surface area contributed by atoms with Crippen molar-refractivity contribution in [1.29, 1.82) is 0 Å². The lowest BCUT2D eigenvalue weighted by molar-refractivity contribution is 0.414. The first kappa shape index (κ1) is 14.6. The van der Waals surface area contributed by atoms with Crippen LogP contribution in [0, 0.1) is 0 Å². The van der Waals surface area contributed by atoms with Crippen LogP contribution < -0.4 is 4.74 Å². The predicted octanol–water partition coefficient (Wildman–Crippen LogP) is 3.71. The summed E-state index contributed by atoms with van der Waals surface area (Å²) in [6.45, 7) is 0. The topological polar surface area (TPSA) is 43.4 Å². The van der Waals surface area contributed by atoms with Crippen molar-refractivity contribution in [1.82, 2.24) is 0 Å². The van der Waals surface area contributed by atoms with Crippen LogP contribution in [0.5, 0.6) is 5.75 Å². The number of ether oxygens (including phenoxy) is 1. The van der Waals surface area contributed by atoms with E-state index < -0.39 is 9.84 Å². The minimum Gasteiger partial charge on any atom is -0.496 e. The molecule has 0 amide bonds. The summed E-state index contributed by atoms with van der Waals surface area (Å²) in [5, 5.41) is 1.16. The minimum absolute atomic E-state index is 0.117. The van der Waals surface area contributed by atoms with Gasteiger partial charge in [0.05, 0.1) is 22.4 Å². The minimum atomic E-state index is -3.58. The fourth-order valence-electron chi connectivity index (χ4n) is 1.72. The summed E-state index contributed by atoms with van der Waals surface area (Å²) in [6, 6.07) is 15.1. The number of hydrogen-bond acceptors (Lipinski definition) is 3. The molecule has 0 heterocycles. The molecule has 2 aromatic carbocycles. The Kier molecular flexibility index (Phi) is 4.47. The highest BCUT2D eigenvalue weighted by atomic mass is 35.5. The standard InChI is InChI=1S/C15H13ClO3S/c1-19-15-10-6-5-9-13(15)14(16)11-20(17,18)12-7-3-2-4-8-12/h2-11H,1H3/b14-11+. The number of benzene rings is 2. The average Bonchev–Trinajstić information content (AvgIpc) is 2.47. The Balaban J connectivity index is 2.45. The van der Waals surface area contributed by atoms with E-state index in [2.05, 4.69) is 0 Å². The fraction of sp³-hybridized carbons (Fsp3) is 0.0667. The van der Waals surface area contributed by atoms with Gasteiger partial charge in [0.1, 0.15) is 5.75 Å². The molecule has 0 atom stereocenters. The Hall–Kier alpha value is -1.78. The number of methoxy groups -OCH3 is 1. The summed E-state index contributed by atoms with van der Waals surface area (Å²) >= 11 is 6.13. The monoisotopic (exact) mass is 308 g/mol. The fourth-order valence-corrected chi connectivity index (χ4v) is 3.30. The summed E-state index contributed by atoms with van der Waals surface area (Å²) in [6.07, 6.45) is 0. The molecule has 3 nitrogen and oxygen atoms in total. The van der Waals surface area contributed by atoms with Crippen LogP contribution in [0.25, 0.3) is 5.03 Å². The van der Waals surface area contributed by atoms with E-state index in [1.807, 2.05) is 0 Å². The molecule has 0 aromatic heterocycles. The van der Waals surface area contributed by atoms with Crippen LogP contribution in [0.4, 0.5) is 0 Å². The van der Waals surface area contributed by atoms with E-state index in [9.17, 15) is 8.42 Å². The van der Waals surface area contributed by atoms with Crippen molar-refractivity contribution in [2.45, 2.75) is 4.90 Å². The molecule has 0 saturated carbocycles. The largest absolute Gasteiger partial charge is 0.496 e. The van der Waals surface area contributed by atoms with E-state index >= 15 is 0 Å². The molecule has 0 fully saturated rings. The van der Waals surface area contributed by atoms with Crippen LogP contribution in [0.3, 0.4) is 0 Å². The van der Waals surface area contributed by atoms with E-state index in [1.165, 1.54) is 19.2 Å². The van der Waals surface area contributed by atoms with Gasteiger partial charge in [0.25, 0.3) is 0 Å². The maximum atomic E-state index is 12.2. The SMILES string of the molecule is COc1ccccc1/C(Cl)=C\S(=O)(=O)c1ccccc1. The molecule has 0 N–H and O–H groups in total. The van der Waals surface area contributed by atoms with Crippen molar-refractivity contribution >= 4 is 26.5 Å². The van der Waals surface area contributed by atoms with Crippen molar-refractivity contribution in [3.63, 3.8) is 0 Å². The third-order valence-electron chi connectivity index (χ3n) is 2.69. The molecule has 0 saturated heterocycles. The van der Waals surface area contributed by atoms with Gasteiger partial charge in [-0.2, -0.15) is 0 Å². The highest BCUT2D eigenvalue weighted by molar-refractivity contribution is 7.94. The molecular weight excluding hydrogens is 296 g/mol. The quantitative estimate of drug-likeness (QED) is 0.865. The van der Waals surface area contributed by atoms with Gasteiger partial charge in [0.2, 0.25) is 9.84 Å². The van der Waals surface area contributed by atoms with Gasteiger partial charge in [0, 0.05) is 5.56 Å². The smallest absolute Gasteiger partial charge is 0.201 e. The molecule has 20 heavy (non-hydrogen) atoms. The van der Waals surface area contributed by atoms with Gasteiger partial charge >= 0.3 is 0 Å². The molecule has 0 aliphatic rings. The summed E-state index contributed by atoms with van der Waals surface area (Å²) in [4.78, 5) is 0.202. The second kappa shape index (κ2) is 6.11. The zero-order valence-electron chi connectivity index (χ0n) is 10.8. The molecule has 0 spiro atoms. The molecule has 0 aliphatic carbocycles. The summed E-state index contributed by atoms with van der Waals surface area (Å²) < 4.78 is 29.6. The third-order valence-corrected chi connectivity index (χ3v) is 4.61. The third kappa shape index (κ3) is 3.21. The molecule has 0 radical (unpaired) electrons. The second-order valence-electron chi connectivity index (χ2n) is 4.02. The molecule has 0 aliphatic heterocycles. The van der Waals surface area contributed by atoms with Crippen LogP contribution in [0.2, 0.25) is 0 Å². The summed E-state index contributed by atoms with van der Waals surface area (Å²) in [5.41, 5.74) is 0.538. The van der Waals surface area contributed by atoms with Crippen LogP contribution in [-0.4, -0.2) is 15.5 Å². The van der Waals surface area contributed by atoms with E-state index in [0.29, 0.717) is 11.3 Å². The van der Waals surface area contributed by atoms with Gasteiger partial charge in [-0.3, -0.25) is 0 Å². The lowest BCUT2D eigenvalue weighted by Gasteiger charge is -2.07. The Bertz CT molecular complexity index is 722. The highest BCUT2D eigenvalue weighted by Crippen LogP contribution is 2.30. The molecule has 0 bridgehead atoms. The van der Waals surface area contributed by atoms with Crippen LogP contribution in [0.15, 0.2) is 64.9 Å². The van der Waals surface area contributed by atoms with Crippen molar-refractivity contribution < 1.29 is 13.2 Å². The van der Waals surface area contributed by atoms with Gasteiger partial charge in [0.15, 0.2) is 0 Å². The Morgan fingerprint density at radius 3 is 2.30 bits per heavy atom. The van der Waals surface area contributed by atoms with Gasteiger partial charge in [-0.05, 0) is 24.3 Å². The molecule has 2 aromatic rings.